The first kappa shape index (κ1) is 17.2. The molecule has 0 saturated carbocycles. The van der Waals surface area contributed by atoms with Crippen molar-refractivity contribution in [3.05, 3.63) is 64.4 Å². The number of hydrogen-bond acceptors (Lipinski definition) is 3. The fourth-order valence-corrected chi connectivity index (χ4v) is 3.00. The van der Waals surface area contributed by atoms with Gasteiger partial charge in [0, 0.05) is 49.1 Å². The summed E-state index contributed by atoms with van der Waals surface area (Å²) in [6.45, 7) is 5.95. The summed E-state index contributed by atoms with van der Waals surface area (Å²) in [5.74, 6) is 0. The highest BCUT2D eigenvalue weighted by molar-refractivity contribution is 6.30. The molecule has 3 rings (SSSR count). The Morgan fingerprint density at radius 2 is 2.18 bits per heavy atom. The van der Waals surface area contributed by atoms with Crippen LogP contribution in [0.15, 0.2) is 42.6 Å². The molecule has 2 aromatic rings. The van der Waals surface area contributed by atoms with Crippen LogP contribution < -0.4 is 5.32 Å². The number of aryl methyl sites for hydroxylation is 1. The highest BCUT2D eigenvalue weighted by atomic mass is 35.5. The first-order chi connectivity index (χ1) is 10.2. The second kappa shape index (κ2) is 7.93. The summed E-state index contributed by atoms with van der Waals surface area (Å²) in [5.41, 5.74) is 3.59. The molecule has 118 valence electrons. The van der Waals surface area contributed by atoms with E-state index in [1.54, 1.807) is 0 Å². The summed E-state index contributed by atoms with van der Waals surface area (Å²) in [7, 11) is 0. The van der Waals surface area contributed by atoms with Crippen LogP contribution in [0.4, 0.5) is 0 Å². The van der Waals surface area contributed by atoms with Crippen molar-refractivity contribution < 1.29 is 0 Å². The van der Waals surface area contributed by atoms with Gasteiger partial charge in [-0.1, -0.05) is 29.8 Å². The van der Waals surface area contributed by atoms with Gasteiger partial charge in [0.2, 0.25) is 0 Å². The molecule has 1 saturated heterocycles. The van der Waals surface area contributed by atoms with E-state index in [1.165, 1.54) is 11.1 Å². The lowest BCUT2D eigenvalue weighted by molar-refractivity contribution is 0.153. The van der Waals surface area contributed by atoms with Crippen molar-refractivity contribution in [3.63, 3.8) is 0 Å². The van der Waals surface area contributed by atoms with Crippen LogP contribution in [0.25, 0.3) is 0 Å². The first-order valence-electron chi connectivity index (χ1n) is 7.34. The second-order valence-corrected chi connectivity index (χ2v) is 5.99. The third kappa shape index (κ3) is 4.20. The van der Waals surface area contributed by atoms with E-state index < -0.39 is 0 Å². The zero-order valence-electron chi connectivity index (χ0n) is 12.6. The number of benzene rings is 1. The van der Waals surface area contributed by atoms with E-state index in [0.717, 1.165) is 36.9 Å². The number of nitrogens with zero attached hydrogens (tertiary/aromatic N) is 2. The summed E-state index contributed by atoms with van der Waals surface area (Å²) >= 11 is 6.14. The molecule has 22 heavy (non-hydrogen) atoms. The van der Waals surface area contributed by atoms with E-state index >= 15 is 0 Å². The van der Waals surface area contributed by atoms with E-state index in [4.69, 9.17) is 11.6 Å². The Hall–Kier alpha value is -1.13. The van der Waals surface area contributed by atoms with Gasteiger partial charge in [-0.15, -0.1) is 12.4 Å². The molecule has 1 aliphatic heterocycles. The van der Waals surface area contributed by atoms with Crippen LogP contribution in [0.5, 0.6) is 0 Å². The molecule has 1 unspecified atom stereocenters. The maximum absolute atomic E-state index is 6.14. The topological polar surface area (TPSA) is 28.2 Å². The van der Waals surface area contributed by atoms with Gasteiger partial charge in [0.15, 0.2) is 0 Å². The Balaban J connectivity index is 0.00000176. The molecule has 1 fully saturated rings. The second-order valence-electron chi connectivity index (χ2n) is 5.55. The van der Waals surface area contributed by atoms with Crippen molar-refractivity contribution in [2.75, 3.05) is 19.6 Å². The smallest absolute Gasteiger partial charge is 0.0477 e. The number of nitrogens with one attached hydrogen (secondary N) is 1. The van der Waals surface area contributed by atoms with Crippen LogP contribution in [-0.2, 0) is 6.54 Å². The molecule has 1 atom stereocenters. The summed E-state index contributed by atoms with van der Waals surface area (Å²) in [6.07, 6.45) is 1.98. The zero-order chi connectivity index (χ0) is 14.7. The summed E-state index contributed by atoms with van der Waals surface area (Å²) in [6, 6.07) is 12.8. The molecule has 0 bridgehead atoms. The Morgan fingerprint density at radius 3 is 2.91 bits per heavy atom. The lowest BCUT2D eigenvalue weighted by Gasteiger charge is -2.36. The van der Waals surface area contributed by atoms with Crippen molar-refractivity contribution in [3.8, 4) is 0 Å². The first-order valence-corrected chi connectivity index (χ1v) is 7.72. The predicted octanol–water partition coefficient (Wildman–Crippen LogP) is 3.61. The molecule has 1 aliphatic rings. The molecule has 0 amide bonds. The number of aromatic nitrogens is 1. The van der Waals surface area contributed by atoms with E-state index in [0.29, 0.717) is 6.04 Å². The van der Waals surface area contributed by atoms with E-state index in [1.807, 2.05) is 25.3 Å². The molecule has 3 nitrogen and oxygen atoms in total. The monoisotopic (exact) mass is 337 g/mol. The van der Waals surface area contributed by atoms with Crippen molar-refractivity contribution >= 4 is 24.0 Å². The average Bonchev–Trinajstić information content (AvgIpc) is 2.50. The largest absolute Gasteiger partial charge is 0.314 e. The van der Waals surface area contributed by atoms with Crippen LogP contribution in [0.3, 0.4) is 0 Å². The van der Waals surface area contributed by atoms with Crippen LogP contribution in [0.1, 0.15) is 22.9 Å². The fraction of sp³-hybridized carbons (Fsp3) is 0.353. The maximum atomic E-state index is 6.14. The maximum Gasteiger partial charge on any atom is 0.0477 e. The Morgan fingerprint density at radius 1 is 1.32 bits per heavy atom. The lowest BCUT2D eigenvalue weighted by Crippen LogP contribution is -2.45. The molecule has 1 aromatic heterocycles. The van der Waals surface area contributed by atoms with Crippen molar-refractivity contribution in [2.45, 2.75) is 19.5 Å². The number of halogens is 2. The van der Waals surface area contributed by atoms with Gasteiger partial charge in [-0.2, -0.15) is 0 Å². The quantitative estimate of drug-likeness (QED) is 0.927. The fourth-order valence-electron chi connectivity index (χ4n) is 2.80. The van der Waals surface area contributed by atoms with Gasteiger partial charge in [0.25, 0.3) is 0 Å². The lowest BCUT2D eigenvalue weighted by atomic mass is 10.0. The van der Waals surface area contributed by atoms with Gasteiger partial charge < -0.3 is 5.32 Å². The van der Waals surface area contributed by atoms with Crippen molar-refractivity contribution in [1.82, 2.24) is 15.2 Å². The number of piperazine rings is 1. The molecule has 2 heterocycles. The average molecular weight is 338 g/mol. The van der Waals surface area contributed by atoms with Crippen LogP contribution in [0, 0.1) is 6.92 Å². The van der Waals surface area contributed by atoms with E-state index in [-0.39, 0.29) is 12.4 Å². The standard InChI is InChI=1S/C17H20ClN3.ClH/c1-13-5-6-14(10-20-13)12-21-8-7-19-11-17(21)15-3-2-4-16(18)9-15;/h2-6,9-10,17,19H,7-8,11-12H2,1H3;1H. The van der Waals surface area contributed by atoms with Crippen molar-refractivity contribution in [1.29, 1.82) is 0 Å². The van der Waals surface area contributed by atoms with Gasteiger partial charge in [-0.3, -0.25) is 9.88 Å². The molecule has 0 radical (unpaired) electrons. The minimum absolute atomic E-state index is 0. The Bertz CT molecular complexity index is 601. The van der Waals surface area contributed by atoms with Gasteiger partial charge in [-0.25, -0.2) is 0 Å². The van der Waals surface area contributed by atoms with Crippen LogP contribution in [-0.4, -0.2) is 29.5 Å². The molecule has 1 aromatic carbocycles. The molecule has 5 heteroatoms. The van der Waals surface area contributed by atoms with Crippen LogP contribution in [0.2, 0.25) is 5.02 Å². The van der Waals surface area contributed by atoms with Crippen LogP contribution >= 0.6 is 24.0 Å². The van der Waals surface area contributed by atoms with Gasteiger partial charge in [0.05, 0.1) is 0 Å². The van der Waals surface area contributed by atoms with Crippen molar-refractivity contribution in [2.24, 2.45) is 0 Å². The Labute approximate surface area is 143 Å². The summed E-state index contributed by atoms with van der Waals surface area (Å²) in [4.78, 5) is 6.89. The highest BCUT2D eigenvalue weighted by Crippen LogP contribution is 2.26. The van der Waals surface area contributed by atoms with Gasteiger partial charge >= 0.3 is 0 Å². The summed E-state index contributed by atoms with van der Waals surface area (Å²) < 4.78 is 0. The number of pyridine rings is 1. The zero-order valence-corrected chi connectivity index (χ0v) is 14.2. The SMILES string of the molecule is Cc1ccc(CN2CCNCC2c2cccc(Cl)c2)cn1.Cl. The summed E-state index contributed by atoms with van der Waals surface area (Å²) in [5, 5.41) is 4.28. The van der Waals surface area contributed by atoms with E-state index in [9.17, 15) is 0 Å². The molecule has 0 aliphatic carbocycles. The third-order valence-corrected chi connectivity index (χ3v) is 4.18. The number of rotatable bonds is 3. The predicted molar refractivity (Wildman–Crippen MR) is 93.7 cm³/mol. The molecular formula is C17H21Cl2N3. The molecule has 0 spiro atoms. The van der Waals surface area contributed by atoms with Gasteiger partial charge in [0.1, 0.15) is 0 Å². The number of hydrogen-bond donors (Lipinski definition) is 1. The highest BCUT2D eigenvalue weighted by Gasteiger charge is 2.23. The minimum Gasteiger partial charge on any atom is -0.314 e. The molecule has 1 N–H and O–H groups in total. The normalized spacial score (nSPS) is 18.7. The minimum atomic E-state index is 0. The molecular weight excluding hydrogens is 317 g/mol. The third-order valence-electron chi connectivity index (χ3n) is 3.95. The van der Waals surface area contributed by atoms with Gasteiger partial charge in [-0.05, 0) is 36.2 Å². The van der Waals surface area contributed by atoms with E-state index in [2.05, 4.69) is 39.5 Å². The Kier molecular flexibility index (Phi) is 6.21.